The highest BCUT2D eigenvalue weighted by molar-refractivity contribution is 5.74. The van der Waals surface area contributed by atoms with Crippen LogP contribution in [0.3, 0.4) is 0 Å². The van der Waals surface area contributed by atoms with Crippen molar-refractivity contribution in [3.8, 4) is 11.3 Å². The number of ether oxygens (including phenoxy) is 1. The predicted octanol–water partition coefficient (Wildman–Crippen LogP) is 3.69. The Balaban J connectivity index is 1.26. The molecule has 1 N–H and O–H groups in total. The lowest BCUT2D eigenvalue weighted by Gasteiger charge is -2.50. The molecule has 6 rings (SSSR count). The third-order valence-corrected chi connectivity index (χ3v) is 7.41. The van der Waals surface area contributed by atoms with Gasteiger partial charge in [-0.1, -0.05) is 12.1 Å². The molecule has 0 spiro atoms. The lowest BCUT2D eigenvalue weighted by molar-refractivity contribution is -0.137. The van der Waals surface area contributed by atoms with Crippen LogP contribution < -0.4 is 5.32 Å². The number of alkyl halides is 3. The largest absolute Gasteiger partial charge is 0.416 e. The van der Waals surface area contributed by atoms with Gasteiger partial charge in [-0.15, -0.1) is 0 Å². The van der Waals surface area contributed by atoms with Crippen LogP contribution in [0.2, 0.25) is 0 Å². The van der Waals surface area contributed by atoms with E-state index in [1.54, 1.807) is 4.90 Å². The first kappa shape index (κ1) is 24.0. The summed E-state index contributed by atoms with van der Waals surface area (Å²) in [5.74, 6) is 1.30. The Hall–Kier alpha value is -2.72. The summed E-state index contributed by atoms with van der Waals surface area (Å²) in [5, 5.41) is 3.10. The fourth-order valence-electron chi connectivity index (χ4n) is 5.53. The normalized spacial score (nSPS) is 26.6. The number of aryl methyl sites for hydroxylation is 1. The number of nitrogens with zero attached hydrogens (tertiary/aromatic N) is 4. The van der Waals surface area contributed by atoms with Crippen molar-refractivity contribution in [3.63, 3.8) is 0 Å². The molecule has 35 heavy (non-hydrogen) atoms. The van der Waals surface area contributed by atoms with E-state index >= 15 is 0 Å². The smallest absolute Gasteiger partial charge is 0.378 e. The number of carbonyl (C=O) groups excluding carboxylic acids is 1. The number of piperidine rings is 3. The molecule has 1 aromatic carbocycles. The highest BCUT2D eigenvalue weighted by atomic mass is 19.4. The molecular formula is C25H30F3N5O2. The molecule has 2 amide bonds. The van der Waals surface area contributed by atoms with Crippen LogP contribution in [-0.4, -0.2) is 77.8 Å². The Kier molecular flexibility index (Phi) is 6.67. The molecule has 4 aliphatic heterocycles. The van der Waals surface area contributed by atoms with Gasteiger partial charge in [-0.05, 0) is 50.4 Å². The van der Waals surface area contributed by atoms with Crippen molar-refractivity contribution in [1.82, 2.24) is 25.1 Å². The van der Waals surface area contributed by atoms with Crippen molar-refractivity contribution >= 4 is 6.03 Å². The number of hydrogen-bond acceptors (Lipinski definition) is 5. The number of morpholine rings is 1. The zero-order chi connectivity index (χ0) is 24.6. The van der Waals surface area contributed by atoms with Crippen molar-refractivity contribution in [2.45, 2.75) is 37.9 Å². The van der Waals surface area contributed by atoms with Crippen LogP contribution in [-0.2, 0) is 10.9 Å². The molecule has 1 aromatic heterocycles. The van der Waals surface area contributed by atoms with Gasteiger partial charge in [-0.2, -0.15) is 13.2 Å². The number of fused-ring (bicyclic) bond motifs is 3. The molecule has 188 valence electrons. The SMILES string of the molecule is Cc1nc(-c2ccc(C(F)(F)F)cc2)cc(C2CN3CCC2CC3CNC(=O)N2CCOCC2)n1. The first-order valence-corrected chi connectivity index (χ1v) is 12.2. The van der Waals surface area contributed by atoms with Crippen molar-refractivity contribution in [2.24, 2.45) is 5.92 Å². The fraction of sp³-hybridized carbons (Fsp3) is 0.560. The molecule has 0 aliphatic carbocycles. The minimum absolute atomic E-state index is 0.0277. The summed E-state index contributed by atoms with van der Waals surface area (Å²) >= 11 is 0. The molecule has 10 heteroatoms. The van der Waals surface area contributed by atoms with Crippen molar-refractivity contribution in [2.75, 3.05) is 45.9 Å². The number of nitrogens with one attached hydrogen (secondary N) is 1. The third-order valence-electron chi connectivity index (χ3n) is 7.41. The minimum atomic E-state index is -4.36. The Morgan fingerprint density at radius 3 is 2.54 bits per heavy atom. The Morgan fingerprint density at radius 2 is 1.89 bits per heavy atom. The maximum atomic E-state index is 12.9. The number of carbonyl (C=O) groups is 1. The lowest BCUT2D eigenvalue weighted by Crippen LogP contribution is -2.57. The molecule has 4 unspecified atom stereocenters. The van der Waals surface area contributed by atoms with Crippen LogP contribution in [0.4, 0.5) is 18.0 Å². The molecule has 2 aromatic rings. The van der Waals surface area contributed by atoms with Crippen molar-refractivity contribution < 1.29 is 22.7 Å². The summed E-state index contributed by atoms with van der Waals surface area (Å²) in [6, 6.07) is 7.33. The summed E-state index contributed by atoms with van der Waals surface area (Å²) in [6.07, 6.45) is -2.32. The molecule has 0 saturated carbocycles. The second kappa shape index (κ2) is 9.73. The van der Waals surface area contributed by atoms with Crippen LogP contribution in [0.15, 0.2) is 30.3 Å². The summed E-state index contributed by atoms with van der Waals surface area (Å²) in [7, 11) is 0. The summed E-state index contributed by atoms with van der Waals surface area (Å²) in [4.78, 5) is 25.9. The lowest BCUT2D eigenvalue weighted by atomic mass is 9.74. The first-order valence-electron chi connectivity index (χ1n) is 12.2. The topological polar surface area (TPSA) is 70.6 Å². The number of urea groups is 1. The number of halogens is 3. The maximum Gasteiger partial charge on any atom is 0.416 e. The van der Waals surface area contributed by atoms with Gasteiger partial charge in [-0.3, -0.25) is 4.90 Å². The molecule has 5 heterocycles. The summed E-state index contributed by atoms with van der Waals surface area (Å²) in [5.41, 5.74) is 1.57. The molecule has 4 aliphatic rings. The van der Waals surface area contributed by atoms with Crippen LogP contribution >= 0.6 is 0 Å². The average Bonchev–Trinajstić information content (AvgIpc) is 2.87. The number of hydrogen-bond donors (Lipinski definition) is 1. The van der Waals surface area contributed by atoms with Crippen LogP contribution in [0, 0.1) is 12.8 Å². The molecule has 4 atom stereocenters. The van der Waals surface area contributed by atoms with Gasteiger partial charge in [0.1, 0.15) is 5.82 Å². The van der Waals surface area contributed by atoms with E-state index in [0.717, 1.165) is 43.8 Å². The fourth-order valence-corrected chi connectivity index (χ4v) is 5.53. The predicted molar refractivity (Wildman–Crippen MR) is 124 cm³/mol. The zero-order valence-electron chi connectivity index (χ0n) is 19.7. The van der Waals surface area contributed by atoms with Gasteiger partial charge in [-0.25, -0.2) is 14.8 Å². The molecular weight excluding hydrogens is 459 g/mol. The minimum Gasteiger partial charge on any atom is -0.378 e. The van der Waals surface area contributed by atoms with Crippen LogP contribution in [0.5, 0.6) is 0 Å². The van der Waals surface area contributed by atoms with E-state index in [9.17, 15) is 18.0 Å². The standard InChI is InChI=1S/C25H30F3N5O2/c1-16-30-22(17-2-4-19(5-3-17)25(26,27)28)13-23(31-16)21-15-33-7-6-18(21)12-20(33)14-29-24(34)32-8-10-35-11-9-32/h2-5,13,18,20-21H,6-12,14-15H2,1H3,(H,29,34). The van der Waals surface area contributed by atoms with Gasteiger partial charge in [0, 0.05) is 49.4 Å². The second-order valence-electron chi connectivity index (χ2n) is 9.63. The Morgan fingerprint density at radius 1 is 1.14 bits per heavy atom. The molecule has 2 bridgehead atoms. The first-order chi connectivity index (χ1) is 16.8. The van der Waals surface area contributed by atoms with E-state index in [1.807, 2.05) is 13.0 Å². The van der Waals surface area contributed by atoms with Gasteiger partial charge >= 0.3 is 12.2 Å². The van der Waals surface area contributed by atoms with E-state index in [0.29, 0.717) is 61.9 Å². The summed E-state index contributed by atoms with van der Waals surface area (Å²) in [6.45, 7) is 6.71. The molecule has 4 fully saturated rings. The maximum absolute atomic E-state index is 12.9. The number of benzene rings is 1. The average molecular weight is 490 g/mol. The Bertz CT molecular complexity index is 1060. The van der Waals surface area contributed by atoms with Gasteiger partial charge in [0.2, 0.25) is 0 Å². The van der Waals surface area contributed by atoms with Crippen LogP contribution in [0.25, 0.3) is 11.3 Å². The van der Waals surface area contributed by atoms with Crippen molar-refractivity contribution in [1.29, 1.82) is 0 Å². The van der Waals surface area contributed by atoms with Crippen molar-refractivity contribution in [3.05, 3.63) is 47.4 Å². The van der Waals surface area contributed by atoms with Gasteiger partial charge in [0.05, 0.1) is 24.5 Å². The monoisotopic (exact) mass is 489 g/mol. The third kappa shape index (κ3) is 5.28. The number of amides is 2. The highest BCUT2D eigenvalue weighted by Crippen LogP contribution is 2.42. The van der Waals surface area contributed by atoms with E-state index in [-0.39, 0.29) is 11.9 Å². The van der Waals surface area contributed by atoms with Gasteiger partial charge in [0.25, 0.3) is 0 Å². The van der Waals surface area contributed by atoms with E-state index < -0.39 is 11.7 Å². The number of rotatable bonds is 4. The Labute approximate surface area is 202 Å². The van der Waals surface area contributed by atoms with E-state index in [4.69, 9.17) is 9.72 Å². The van der Waals surface area contributed by atoms with Gasteiger partial charge in [0.15, 0.2) is 0 Å². The zero-order valence-corrected chi connectivity index (χ0v) is 19.7. The molecule has 0 radical (unpaired) electrons. The highest BCUT2D eigenvalue weighted by Gasteiger charge is 2.41. The van der Waals surface area contributed by atoms with E-state index in [1.165, 1.54) is 12.1 Å². The molecule has 4 saturated heterocycles. The summed E-state index contributed by atoms with van der Waals surface area (Å²) < 4.78 is 44.1. The van der Waals surface area contributed by atoms with Crippen LogP contribution in [0.1, 0.15) is 35.8 Å². The van der Waals surface area contributed by atoms with Gasteiger partial charge < -0.3 is 15.0 Å². The molecule has 7 nitrogen and oxygen atoms in total. The second-order valence-corrected chi connectivity index (χ2v) is 9.63. The van der Waals surface area contributed by atoms with E-state index in [2.05, 4.69) is 15.2 Å². The number of aromatic nitrogens is 2. The quantitative estimate of drug-likeness (QED) is 0.710.